The van der Waals surface area contributed by atoms with Crippen LogP contribution in [0.3, 0.4) is 0 Å². The lowest BCUT2D eigenvalue weighted by Gasteiger charge is -2.23. The number of rotatable bonds is 4. The highest BCUT2D eigenvalue weighted by atomic mass is 32.1. The van der Waals surface area contributed by atoms with E-state index in [4.69, 9.17) is 0 Å². The Morgan fingerprint density at radius 2 is 2.41 bits per heavy atom. The summed E-state index contributed by atoms with van der Waals surface area (Å²) in [6.07, 6.45) is 5.40. The monoisotopic (exact) mass is 317 g/mol. The Bertz CT molecular complexity index is 668. The molecule has 0 bridgehead atoms. The van der Waals surface area contributed by atoms with Gasteiger partial charge in [0.1, 0.15) is 17.0 Å². The van der Waals surface area contributed by atoms with E-state index < -0.39 is 0 Å². The molecule has 2 N–H and O–H groups in total. The summed E-state index contributed by atoms with van der Waals surface area (Å²) in [5, 5.41) is 8.34. The normalized spacial score (nSPS) is 22.1. The van der Waals surface area contributed by atoms with Crippen molar-refractivity contribution in [2.24, 2.45) is 0 Å². The highest BCUT2D eigenvalue weighted by molar-refractivity contribution is 7.18. The largest absolute Gasteiger partial charge is 0.368 e. The van der Waals surface area contributed by atoms with Crippen LogP contribution in [0.2, 0.25) is 0 Å². The van der Waals surface area contributed by atoms with Crippen molar-refractivity contribution in [2.75, 3.05) is 31.5 Å². The Morgan fingerprint density at radius 3 is 3.32 bits per heavy atom. The van der Waals surface area contributed by atoms with Gasteiger partial charge in [0.15, 0.2) is 0 Å². The summed E-state index contributed by atoms with van der Waals surface area (Å²) in [6, 6.07) is 0.645. The summed E-state index contributed by atoms with van der Waals surface area (Å²) in [5.74, 6) is 1.03. The minimum atomic E-state index is 0.645. The van der Waals surface area contributed by atoms with E-state index >= 15 is 0 Å². The second-order valence-electron chi connectivity index (χ2n) is 6.14. The average Bonchev–Trinajstić information content (AvgIpc) is 3.16. The van der Waals surface area contributed by atoms with Gasteiger partial charge in [-0.2, -0.15) is 0 Å². The quantitative estimate of drug-likeness (QED) is 0.906. The number of aromatic nitrogens is 2. The maximum atomic E-state index is 4.54. The summed E-state index contributed by atoms with van der Waals surface area (Å²) in [6.45, 7) is 7.65. The number of fused-ring (bicyclic) bond motifs is 3. The molecule has 118 valence electrons. The third-order valence-corrected chi connectivity index (χ3v) is 6.06. The second-order valence-corrected chi connectivity index (χ2v) is 7.22. The molecule has 6 heteroatoms. The number of nitrogens with zero attached hydrogens (tertiary/aromatic N) is 3. The van der Waals surface area contributed by atoms with Crippen LogP contribution in [0.25, 0.3) is 10.2 Å². The summed E-state index contributed by atoms with van der Waals surface area (Å²) < 4.78 is 0. The van der Waals surface area contributed by atoms with Gasteiger partial charge in [0.2, 0.25) is 0 Å². The van der Waals surface area contributed by atoms with Gasteiger partial charge in [-0.1, -0.05) is 6.92 Å². The molecule has 2 aliphatic rings. The first-order valence-corrected chi connectivity index (χ1v) is 9.12. The fraction of sp³-hybridized carbons (Fsp3) is 0.625. The van der Waals surface area contributed by atoms with Crippen LogP contribution in [0.4, 0.5) is 5.82 Å². The lowest BCUT2D eigenvalue weighted by Crippen LogP contribution is -2.34. The predicted molar refractivity (Wildman–Crippen MR) is 91.6 cm³/mol. The summed E-state index contributed by atoms with van der Waals surface area (Å²) in [4.78, 5) is 14.2. The van der Waals surface area contributed by atoms with E-state index in [1.807, 2.05) is 11.3 Å². The van der Waals surface area contributed by atoms with Crippen LogP contribution in [-0.2, 0) is 13.0 Å². The first kappa shape index (κ1) is 14.4. The van der Waals surface area contributed by atoms with E-state index in [1.54, 1.807) is 6.33 Å². The van der Waals surface area contributed by atoms with E-state index in [2.05, 4.69) is 32.4 Å². The first-order chi connectivity index (χ1) is 10.9. The molecule has 0 spiro atoms. The number of nitrogens with one attached hydrogen (secondary N) is 2. The van der Waals surface area contributed by atoms with Crippen LogP contribution in [0.1, 0.15) is 30.2 Å². The molecule has 1 atom stereocenters. The van der Waals surface area contributed by atoms with Crippen molar-refractivity contribution in [2.45, 2.75) is 38.8 Å². The van der Waals surface area contributed by atoms with Crippen molar-refractivity contribution in [3.05, 3.63) is 16.8 Å². The first-order valence-electron chi connectivity index (χ1n) is 8.30. The molecular weight excluding hydrogens is 294 g/mol. The van der Waals surface area contributed by atoms with Crippen molar-refractivity contribution in [1.82, 2.24) is 20.2 Å². The molecule has 2 aromatic rings. The van der Waals surface area contributed by atoms with E-state index in [0.29, 0.717) is 6.04 Å². The lowest BCUT2D eigenvalue weighted by molar-refractivity contribution is 0.277. The van der Waals surface area contributed by atoms with Gasteiger partial charge in [-0.25, -0.2) is 9.97 Å². The summed E-state index contributed by atoms with van der Waals surface area (Å²) in [5.41, 5.74) is 1.46. The molecule has 4 rings (SSSR count). The molecule has 0 unspecified atom stereocenters. The van der Waals surface area contributed by atoms with Gasteiger partial charge in [0.05, 0.1) is 5.39 Å². The summed E-state index contributed by atoms with van der Waals surface area (Å²) in [7, 11) is 0. The van der Waals surface area contributed by atoms with Crippen molar-refractivity contribution in [3.63, 3.8) is 0 Å². The predicted octanol–water partition coefficient (Wildman–Crippen LogP) is 2.23. The number of thiophene rings is 1. The Morgan fingerprint density at radius 1 is 1.45 bits per heavy atom. The van der Waals surface area contributed by atoms with E-state index in [1.165, 1.54) is 35.2 Å². The Labute approximate surface area is 135 Å². The zero-order valence-electron chi connectivity index (χ0n) is 13.1. The van der Waals surface area contributed by atoms with E-state index in [9.17, 15) is 0 Å². The molecule has 0 saturated carbocycles. The smallest absolute Gasteiger partial charge is 0.138 e. The van der Waals surface area contributed by atoms with Crippen LogP contribution < -0.4 is 10.6 Å². The Kier molecular flexibility index (Phi) is 3.98. The molecule has 0 aliphatic carbocycles. The van der Waals surface area contributed by atoms with Gasteiger partial charge < -0.3 is 10.6 Å². The van der Waals surface area contributed by atoms with Gasteiger partial charge in [-0.3, -0.25) is 4.90 Å². The van der Waals surface area contributed by atoms with Crippen LogP contribution in [0.15, 0.2) is 6.33 Å². The number of hydrogen-bond acceptors (Lipinski definition) is 6. The third-order valence-electron chi connectivity index (χ3n) is 4.92. The van der Waals surface area contributed by atoms with Crippen LogP contribution >= 0.6 is 11.3 Å². The number of likely N-dealkylation sites (tertiary alicyclic amines) is 1. The fourth-order valence-electron chi connectivity index (χ4n) is 3.75. The Balaban J connectivity index is 1.60. The van der Waals surface area contributed by atoms with Gasteiger partial charge in [0, 0.05) is 24.0 Å². The molecule has 1 saturated heterocycles. The van der Waals surface area contributed by atoms with Crippen molar-refractivity contribution < 1.29 is 0 Å². The van der Waals surface area contributed by atoms with Gasteiger partial charge in [0.25, 0.3) is 0 Å². The average molecular weight is 317 g/mol. The zero-order chi connectivity index (χ0) is 14.9. The number of anilines is 1. The van der Waals surface area contributed by atoms with Crippen LogP contribution in [-0.4, -0.2) is 47.1 Å². The minimum Gasteiger partial charge on any atom is -0.368 e. The lowest BCUT2D eigenvalue weighted by atomic mass is 10.1. The molecule has 0 amide bonds. The third kappa shape index (κ3) is 2.49. The molecule has 2 aliphatic heterocycles. The van der Waals surface area contributed by atoms with Crippen LogP contribution in [0, 0.1) is 0 Å². The van der Waals surface area contributed by atoms with Gasteiger partial charge in [-0.15, -0.1) is 11.3 Å². The van der Waals surface area contributed by atoms with E-state index in [0.717, 1.165) is 43.2 Å². The van der Waals surface area contributed by atoms with Crippen molar-refractivity contribution in [1.29, 1.82) is 0 Å². The molecule has 1 fully saturated rings. The molecule has 2 aromatic heterocycles. The molecule has 22 heavy (non-hydrogen) atoms. The maximum Gasteiger partial charge on any atom is 0.138 e. The van der Waals surface area contributed by atoms with Crippen LogP contribution in [0.5, 0.6) is 0 Å². The number of hydrogen-bond donors (Lipinski definition) is 2. The second kappa shape index (κ2) is 6.10. The van der Waals surface area contributed by atoms with Gasteiger partial charge in [-0.05, 0) is 44.5 Å². The summed E-state index contributed by atoms with van der Waals surface area (Å²) >= 11 is 1.81. The fourth-order valence-corrected chi connectivity index (χ4v) is 4.91. The van der Waals surface area contributed by atoms with E-state index in [-0.39, 0.29) is 0 Å². The number of likely N-dealkylation sites (N-methyl/N-ethyl adjacent to an activating group) is 1. The molecule has 0 radical (unpaired) electrons. The van der Waals surface area contributed by atoms with Crippen molar-refractivity contribution in [3.8, 4) is 0 Å². The SMILES string of the molecule is CCN1CCC[C@@H]1CNc1ncnc2sc3c(c12)CCNC3. The maximum absolute atomic E-state index is 4.54. The molecular formula is C16H23N5S. The molecule has 4 heterocycles. The Hall–Kier alpha value is -1.24. The highest BCUT2D eigenvalue weighted by Crippen LogP contribution is 2.35. The van der Waals surface area contributed by atoms with Gasteiger partial charge >= 0.3 is 0 Å². The minimum absolute atomic E-state index is 0.645. The molecule has 0 aromatic carbocycles. The topological polar surface area (TPSA) is 53.1 Å². The zero-order valence-corrected chi connectivity index (χ0v) is 13.9. The highest BCUT2D eigenvalue weighted by Gasteiger charge is 2.24. The van der Waals surface area contributed by atoms with Crippen molar-refractivity contribution >= 4 is 27.4 Å². The standard InChI is InChI=1S/C16H23N5S/c1-2-21-7-3-4-11(21)8-18-15-14-12-5-6-17-9-13(12)22-16(14)20-10-19-15/h10-11,17H,2-9H2,1H3,(H,18,19,20)/t11-/m1/s1. The molecule has 5 nitrogen and oxygen atoms in total.